The molecule has 1 aliphatic carbocycles. The van der Waals surface area contributed by atoms with Crippen LogP contribution in [0.3, 0.4) is 0 Å². The zero-order valence-corrected chi connectivity index (χ0v) is 16.7. The van der Waals surface area contributed by atoms with Gasteiger partial charge in [-0.05, 0) is 100 Å². The average molecular weight is 367 g/mol. The van der Waals surface area contributed by atoms with Crippen molar-refractivity contribution in [2.24, 2.45) is 0 Å². The number of ether oxygens (including phenoxy) is 2. The Kier molecular flexibility index (Phi) is 6.04. The van der Waals surface area contributed by atoms with Gasteiger partial charge < -0.3 is 14.8 Å². The van der Waals surface area contributed by atoms with Crippen LogP contribution in [-0.2, 0) is 4.79 Å². The summed E-state index contributed by atoms with van der Waals surface area (Å²) in [6.45, 7) is 7.86. The van der Waals surface area contributed by atoms with Crippen LogP contribution < -0.4 is 14.8 Å². The standard InChI is InChI=1S/C23H29NO3/c1-15-13-16(2)17(3)22(14-15)26-18(4)23(25)24-19-9-11-21(12-10-19)27-20-7-5-6-8-20/h9-14,18,20H,5-8H2,1-4H3,(H,24,25)/t18-/m1/s1. The number of hydrogen-bond acceptors (Lipinski definition) is 3. The monoisotopic (exact) mass is 367 g/mol. The van der Waals surface area contributed by atoms with E-state index in [9.17, 15) is 4.79 Å². The minimum absolute atomic E-state index is 0.168. The van der Waals surface area contributed by atoms with Crippen molar-refractivity contribution in [3.8, 4) is 11.5 Å². The van der Waals surface area contributed by atoms with E-state index in [1.165, 1.54) is 12.8 Å². The van der Waals surface area contributed by atoms with Gasteiger partial charge in [0, 0.05) is 5.69 Å². The Labute approximate surface area is 161 Å². The van der Waals surface area contributed by atoms with Gasteiger partial charge in [0.15, 0.2) is 6.10 Å². The number of anilines is 1. The average Bonchev–Trinajstić information content (AvgIpc) is 3.14. The summed E-state index contributed by atoms with van der Waals surface area (Å²) in [4.78, 5) is 12.5. The highest BCUT2D eigenvalue weighted by Gasteiger charge is 2.18. The number of carbonyl (C=O) groups excluding carboxylic acids is 1. The predicted molar refractivity (Wildman–Crippen MR) is 109 cm³/mol. The molecule has 0 aliphatic heterocycles. The van der Waals surface area contributed by atoms with Gasteiger partial charge in [-0.2, -0.15) is 0 Å². The van der Waals surface area contributed by atoms with Gasteiger partial charge in [-0.1, -0.05) is 6.07 Å². The number of rotatable bonds is 6. The van der Waals surface area contributed by atoms with Crippen molar-refractivity contribution in [2.75, 3.05) is 5.32 Å². The molecule has 0 radical (unpaired) electrons. The van der Waals surface area contributed by atoms with Crippen molar-refractivity contribution in [2.45, 2.75) is 65.6 Å². The molecule has 27 heavy (non-hydrogen) atoms. The molecule has 2 aromatic carbocycles. The van der Waals surface area contributed by atoms with E-state index in [0.29, 0.717) is 6.10 Å². The van der Waals surface area contributed by atoms with Crippen LogP contribution in [0.25, 0.3) is 0 Å². The van der Waals surface area contributed by atoms with E-state index in [-0.39, 0.29) is 5.91 Å². The van der Waals surface area contributed by atoms with Crippen molar-refractivity contribution in [3.05, 3.63) is 53.1 Å². The molecule has 1 fully saturated rings. The third-order valence-electron chi connectivity index (χ3n) is 5.16. The summed E-state index contributed by atoms with van der Waals surface area (Å²) in [5, 5.41) is 2.91. The van der Waals surface area contributed by atoms with Crippen molar-refractivity contribution in [3.63, 3.8) is 0 Å². The lowest BCUT2D eigenvalue weighted by Gasteiger charge is -2.18. The second-order valence-electron chi connectivity index (χ2n) is 7.50. The highest BCUT2D eigenvalue weighted by molar-refractivity contribution is 5.94. The first-order valence-electron chi connectivity index (χ1n) is 9.74. The fraction of sp³-hybridized carbons (Fsp3) is 0.435. The summed E-state index contributed by atoms with van der Waals surface area (Å²) in [7, 11) is 0. The number of benzene rings is 2. The molecule has 1 atom stereocenters. The summed E-state index contributed by atoms with van der Waals surface area (Å²) in [6.07, 6.45) is 4.50. The maximum Gasteiger partial charge on any atom is 0.265 e. The van der Waals surface area contributed by atoms with Crippen molar-refractivity contribution >= 4 is 11.6 Å². The van der Waals surface area contributed by atoms with Crippen LogP contribution in [0.15, 0.2) is 36.4 Å². The molecule has 0 bridgehead atoms. The highest BCUT2D eigenvalue weighted by Crippen LogP contribution is 2.26. The van der Waals surface area contributed by atoms with Gasteiger partial charge in [-0.25, -0.2) is 0 Å². The molecule has 4 heteroatoms. The van der Waals surface area contributed by atoms with Gasteiger partial charge in [0.05, 0.1) is 6.10 Å². The van der Waals surface area contributed by atoms with E-state index in [1.807, 2.05) is 44.2 Å². The topological polar surface area (TPSA) is 47.6 Å². The first kappa shape index (κ1) is 19.3. The molecular formula is C23H29NO3. The molecular weight excluding hydrogens is 338 g/mol. The Morgan fingerprint density at radius 3 is 2.41 bits per heavy atom. The summed E-state index contributed by atoms with van der Waals surface area (Å²) in [5.74, 6) is 1.45. The first-order chi connectivity index (χ1) is 12.9. The van der Waals surface area contributed by atoms with E-state index in [1.54, 1.807) is 6.92 Å². The van der Waals surface area contributed by atoms with E-state index in [2.05, 4.69) is 18.3 Å². The molecule has 0 aromatic heterocycles. The van der Waals surface area contributed by atoms with Gasteiger partial charge in [0.1, 0.15) is 11.5 Å². The van der Waals surface area contributed by atoms with Crippen LogP contribution in [0.4, 0.5) is 5.69 Å². The Bertz CT molecular complexity index is 792. The van der Waals surface area contributed by atoms with E-state index < -0.39 is 6.10 Å². The fourth-order valence-corrected chi connectivity index (χ4v) is 3.43. The van der Waals surface area contributed by atoms with Crippen LogP contribution in [0, 0.1) is 20.8 Å². The van der Waals surface area contributed by atoms with E-state index in [0.717, 1.165) is 46.7 Å². The zero-order valence-electron chi connectivity index (χ0n) is 16.7. The van der Waals surface area contributed by atoms with Crippen LogP contribution in [-0.4, -0.2) is 18.1 Å². The molecule has 1 saturated carbocycles. The number of amides is 1. The Morgan fingerprint density at radius 1 is 1.07 bits per heavy atom. The maximum atomic E-state index is 12.5. The molecule has 0 spiro atoms. The first-order valence-corrected chi connectivity index (χ1v) is 9.74. The third kappa shape index (κ3) is 5.03. The number of hydrogen-bond donors (Lipinski definition) is 1. The summed E-state index contributed by atoms with van der Waals surface area (Å²) in [6, 6.07) is 11.7. The van der Waals surface area contributed by atoms with Crippen molar-refractivity contribution < 1.29 is 14.3 Å². The molecule has 0 heterocycles. The number of nitrogens with one attached hydrogen (secondary N) is 1. The normalized spacial score (nSPS) is 15.4. The molecule has 144 valence electrons. The minimum Gasteiger partial charge on any atom is -0.490 e. The molecule has 4 nitrogen and oxygen atoms in total. The SMILES string of the molecule is Cc1cc(C)c(C)c(O[C@H](C)C(=O)Nc2ccc(OC3CCCC3)cc2)c1. The van der Waals surface area contributed by atoms with Crippen LogP contribution in [0.5, 0.6) is 11.5 Å². The van der Waals surface area contributed by atoms with Crippen LogP contribution >= 0.6 is 0 Å². The maximum absolute atomic E-state index is 12.5. The molecule has 3 rings (SSSR count). The second-order valence-corrected chi connectivity index (χ2v) is 7.50. The van der Waals surface area contributed by atoms with E-state index in [4.69, 9.17) is 9.47 Å². The van der Waals surface area contributed by atoms with Crippen molar-refractivity contribution in [1.29, 1.82) is 0 Å². The number of carbonyl (C=O) groups is 1. The highest BCUT2D eigenvalue weighted by atomic mass is 16.5. The second kappa shape index (κ2) is 8.47. The molecule has 0 unspecified atom stereocenters. The Morgan fingerprint density at radius 2 is 1.74 bits per heavy atom. The minimum atomic E-state index is -0.584. The lowest BCUT2D eigenvalue weighted by atomic mass is 10.1. The van der Waals surface area contributed by atoms with Gasteiger partial charge >= 0.3 is 0 Å². The Balaban J connectivity index is 1.58. The van der Waals surface area contributed by atoms with Gasteiger partial charge in [-0.15, -0.1) is 0 Å². The Hall–Kier alpha value is -2.49. The molecule has 1 aliphatic rings. The summed E-state index contributed by atoms with van der Waals surface area (Å²) >= 11 is 0. The smallest absolute Gasteiger partial charge is 0.265 e. The van der Waals surface area contributed by atoms with Gasteiger partial charge in [0.25, 0.3) is 5.91 Å². The predicted octanol–water partition coefficient (Wildman–Crippen LogP) is 5.34. The molecule has 2 aromatic rings. The third-order valence-corrected chi connectivity index (χ3v) is 5.16. The van der Waals surface area contributed by atoms with Gasteiger partial charge in [-0.3, -0.25) is 4.79 Å². The summed E-state index contributed by atoms with van der Waals surface area (Å²) in [5.41, 5.74) is 4.09. The zero-order chi connectivity index (χ0) is 19.4. The molecule has 0 saturated heterocycles. The van der Waals surface area contributed by atoms with Crippen LogP contribution in [0.1, 0.15) is 49.3 Å². The fourth-order valence-electron chi connectivity index (χ4n) is 3.43. The lowest BCUT2D eigenvalue weighted by molar-refractivity contribution is -0.122. The molecule has 1 N–H and O–H groups in total. The van der Waals surface area contributed by atoms with Gasteiger partial charge in [0.2, 0.25) is 0 Å². The summed E-state index contributed by atoms with van der Waals surface area (Å²) < 4.78 is 11.9. The van der Waals surface area contributed by atoms with E-state index >= 15 is 0 Å². The largest absolute Gasteiger partial charge is 0.490 e. The quantitative estimate of drug-likeness (QED) is 0.750. The van der Waals surface area contributed by atoms with Crippen LogP contribution in [0.2, 0.25) is 0 Å². The number of aryl methyl sites for hydroxylation is 2. The van der Waals surface area contributed by atoms with Crippen molar-refractivity contribution in [1.82, 2.24) is 0 Å². The molecule has 1 amide bonds. The lowest BCUT2D eigenvalue weighted by Crippen LogP contribution is -2.30.